The van der Waals surface area contributed by atoms with Crippen LogP contribution < -0.4 is 0 Å². The molecule has 0 saturated heterocycles. The molecule has 0 saturated carbocycles. The zero-order valence-corrected chi connectivity index (χ0v) is 11.5. The van der Waals surface area contributed by atoms with Gasteiger partial charge in [0.25, 0.3) is 0 Å². The Morgan fingerprint density at radius 2 is 2.16 bits per heavy atom. The number of aliphatic hydroxyl groups is 1. The summed E-state index contributed by atoms with van der Waals surface area (Å²) in [6.45, 7) is -0.413. The van der Waals surface area contributed by atoms with Crippen LogP contribution in [0.5, 0.6) is 0 Å². The van der Waals surface area contributed by atoms with Crippen LogP contribution in [0.1, 0.15) is 5.89 Å². The standard InChI is InChI=1S/C12H12ClNO4S/c13-10-3-1-2-9(6-10)11-7-14-12(18-11)8-19(16,17)5-4-15/h1-3,6-7,15H,4-5,8H2. The normalized spacial score (nSPS) is 11.7. The lowest BCUT2D eigenvalue weighted by molar-refractivity contribution is 0.319. The summed E-state index contributed by atoms with van der Waals surface area (Å²) < 4.78 is 28.4. The molecule has 102 valence electrons. The van der Waals surface area contributed by atoms with Crippen LogP contribution in [-0.2, 0) is 15.6 Å². The van der Waals surface area contributed by atoms with Gasteiger partial charge in [-0.1, -0.05) is 23.7 Å². The van der Waals surface area contributed by atoms with Crippen molar-refractivity contribution in [2.45, 2.75) is 5.75 Å². The molecular formula is C12H12ClNO4S. The minimum atomic E-state index is -3.39. The molecule has 5 nitrogen and oxygen atoms in total. The van der Waals surface area contributed by atoms with Crippen LogP contribution in [0.4, 0.5) is 0 Å². The van der Waals surface area contributed by atoms with Crippen molar-refractivity contribution in [3.63, 3.8) is 0 Å². The van der Waals surface area contributed by atoms with Crippen LogP contribution in [0.3, 0.4) is 0 Å². The predicted octanol–water partition coefficient (Wildman–Crippen LogP) is 1.90. The van der Waals surface area contributed by atoms with E-state index in [0.29, 0.717) is 10.8 Å². The van der Waals surface area contributed by atoms with Crippen molar-refractivity contribution in [2.24, 2.45) is 0 Å². The summed E-state index contributed by atoms with van der Waals surface area (Å²) in [6.07, 6.45) is 1.45. The Balaban J connectivity index is 2.20. The highest BCUT2D eigenvalue weighted by molar-refractivity contribution is 7.90. The maximum Gasteiger partial charge on any atom is 0.210 e. The Hall–Kier alpha value is -1.37. The molecule has 0 atom stereocenters. The van der Waals surface area contributed by atoms with E-state index in [1.54, 1.807) is 24.3 Å². The molecule has 0 spiro atoms. The van der Waals surface area contributed by atoms with E-state index in [-0.39, 0.29) is 17.4 Å². The number of aromatic nitrogens is 1. The Morgan fingerprint density at radius 3 is 2.84 bits per heavy atom. The summed E-state index contributed by atoms with van der Waals surface area (Å²) in [4.78, 5) is 3.92. The largest absolute Gasteiger partial charge is 0.440 e. The number of hydrogen-bond donors (Lipinski definition) is 1. The van der Waals surface area contributed by atoms with Crippen molar-refractivity contribution in [3.05, 3.63) is 41.4 Å². The van der Waals surface area contributed by atoms with Gasteiger partial charge in [0, 0.05) is 10.6 Å². The molecule has 0 radical (unpaired) electrons. The fourth-order valence-electron chi connectivity index (χ4n) is 1.55. The Morgan fingerprint density at radius 1 is 1.37 bits per heavy atom. The fraction of sp³-hybridized carbons (Fsp3) is 0.250. The van der Waals surface area contributed by atoms with E-state index in [9.17, 15) is 8.42 Å². The second-order valence-electron chi connectivity index (χ2n) is 3.94. The number of aliphatic hydroxyl groups excluding tert-OH is 1. The molecule has 2 rings (SSSR count). The molecule has 0 fully saturated rings. The number of halogens is 1. The number of nitrogens with zero attached hydrogens (tertiary/aromatic N) is 1. The van der Waals surface area contributed by atoms with Gasteiger partial charge in [0.05, 0.1) is 18.6 Å². The zero-order chi connectivity index (χ0) is 13.9. The van der Waals surface area contributed by atoms with E-state index in [1.807, 2.05) is 0 Å². The molecule has 0 aliphatic heterocycles. The summed E-state index contributed by atoms with van der Waals surface area (Å²) in [5, 5.41) is 9.21. The van der Waals surface area contributed by atoms with Crippen LogP contribution in [-0.4, -0.2) is 30.9 Å². The van der Waals surface area contributed by atoms with Crippen LogP contribution >= 0.6 is 11.6 Å². The summed E-state index contributed by atoms with van der Waals surface area (Å²) in [5.74, 6) is -0.0733. The molecule has 7 heteroatoms. The number of hydrogen-bond acceptors (Lipinski definition) is 5. The number of oxazole rings is 1. The predicted molar refractivity (Wildman–Crippen MR) is 71.5 cm³/mol. The highest BCUT2D eigenvalue weighted by Crippen LogP contribution is 2.23. The van der Waals surface area contributed by atoms with Crippen LogP contribution in [0, 0.1) is 0 Å². The Kier molecular flexibility index (Phi) is 4.24. The number of benzene rings is 1. The molecule has 0 aliphatic rings. The van der Waals surface area contributed by atoms with Crippen molar-refractivity contribution >= 4 is 21.4 Å². The van der Waals surface area contributed by atoms with Gasteiger partial charge >= 0.3 is 0 Å². The second-order valence-corrected chi connectivity index (χ2v) is 6.56. The molecule has 1 aromatic heterocycles. The lowest BCUT2D eigenvalue weighted by Crippen LogP contribution is -2.12. The first kappa shape index (κ1) is 14.0. The number of sulfone groups is 1. The zero-order valence-electron chi connectivity index (χ0n) is 9.91. The van der Waals surface area contributed by atoms with Crippen molar-refractivity contribution in [1.82, 2.24) is 4.98 Å². The van der Waals surface area contributed by atoms with Crippen molar-refractivity contribution < 1.29 is 17.9 Å². The van der Waals surface area contributed by atoms with Crippen LogP contribution in [0.15, 0.2) is 34.9 Å². The van der Waals surface area contributed by atoms with Crippen LogP contribution in [0.25, 0.3) is 11.3 Å². The molecule has 2 aromatic rings. The molecule has 0 aliphatic carbocycles. The fourth-order valence-corrected chi connectivity index (χ4v) is 2.67. The third kappa shape index (κ3) is 3.79. The first-order valence-corrected chi connectivity index (χ1v) is 7.72. The van der Waals surface area contributed by atoms with Gasteiger partial charge in [-0.05, 0) is 12.1 Å². The Bertz CT molecular complexity index is 666. The van der Waals surface area contributed by atoms with Gasteiger partial charge < -0.3 is 9.52 Å². The first-order chi connectivity index (χ1) is 9.00. The highest BCUT2D eigenvalue weighted by atomic mass is 35.5. The van der Waals surface area contributed by atoms with E-state index in [2.05, 4.69) is 4.98 Å². The molecule has 19 heavy (non-hydrogen) atoms. The molecule has 1 heterocycles. The average molecular weight is 302 g/mol. The lowest BCUT2D eigenvalue weighted by Gasteiger charge is -1.99. The third-order valence-electron chi connectivity index (χ3n) is 2.41. The van der Waals surface area contributed by atoms with Crippen LogP contribution in [0.2, 0.25) is 5.02 Å². The highest BCUT2D eigenvalue weighted by Gasteiger charge is 2.16. The molecular weight excluding hydrogens is 290 g/mol. The summed E-state index contributed by atoms with van der Waals surface area (Å²) in [7, 11) is -3.39. The summed E-state index contributed by atoms with van der Waals surface area (Å²) in [5.41, 5.74) is 0.728. The maximum atomic E-state index is 11.5. The van der Waals surface area contributed by atoms with Gasteiger partial charge in [-0.15, -0.1) is 0 Å². The minimum Gasteiger partial charge on any atom is -0.440 e. The third-order valence-corrected chi connectivity index (χ3v) is 4.13. The van der Waals surface area contributed by atoms with E-state index in [4.69, 9.17) is 21.1 Å². The van der Waals surface area contributed by atoms with Crippen molar-refractivity contribution in [1.29, 1.82) is 0 Å². The van der Waals surface area contributed by atoms with Gasteiger partial charge in [-0.25, -0.2) is 13.4 Å². The molecule has 0 amide bonds. The van der Waals surface area contributed by atoms with Gasteiger partial charge in [0.2, 0.25) is 5.89 Å². The summed E-state index contributed by atoms with van der Waals surface area (Å²) in [6, 6.07) is 6.99. The number of rotatable bonds is 5. The summed E-state index contributed by atoms with van der Waals surface area (Å²) >= 11 is 5.86. The van der Waals surface area contributed by atoms with Crippen molar-refractivity contribution in [2.75, 3.05) is 12.4 Å². The second kappa shape index (κ2) is 5.73. The van der Waals surface area contributed by atoms with E-state index in [0.717, 1.165) is 5.56 Å². The first-order valence-electron chi connectivity index (χ1n) is 5.52. The Labute approximate surface area is 115 Å². The smallest absolute Gasteiger partial charge is 0.210 e. The SMILES string of the molecule is O=S(=O)(CCO)Cc1ncc(-c2cccc(Cl)c2)o1. The van der Waals surface area contributed by atoms with Gasteiger partial charge in [-0.3, -0.25) is 0 Å². The average Bonchev–Trinajstić information content (AvgIpc) is 2.76. The topological polar surface area (TPSA) is 80.4 Å². The minimum absolute atomic E-state index is 0.100. The van der Waals surface area contributed by atoms with E-state index in [1.165, 1.54) is 6.20 Å². The molecule has 0 bridgehead atoms. The molecule has 0 unspecified atom stereocenters. The molecule has 1 N–H and O–H groups in total. The van der Waals surface area contributed by atoms with Gasteiger partial charge in [0.1, 0.15) is 5.75 Å². The lowest BCUT2D eigenvalue weighted by atomic mass is 10.2. The maximum absolute atomic E-state index is 11.5. The van der Waals surface area contributed by atoms with Gasteiger partial charge in [0.15, 0.2) is 15.6 Å². The quantitative estimate of drug-likeness (QED) is 0.912. The van der Waals surface area contributed by atoms with E-state index >= 15 is 0 Å². The van der Waals surface area contributed by atoms with E-state index < -0.39 is 16.4 Å². The van der Waals surface area contributed by atoms with Crippen molar-refractivity contribution in [3.8, 4) is 11.3 Å². The van der Waals surface area contributed by atoms with Gasteiger partial charge in [-0.2, -0.15) is 0 Å². The monoisotopic (exact) mass is 301 g/mol. The molecule has 1 aromatic carbocycles.